The zero-order valence-corrected chi connectivity index (χ0v) is 14.0. The third-order valence-corrected chi connectivity index (χ3v) is 3.36. The summed E-state index contributed by atoms with van der Waals surface area (Å²) in [6, 6.07) is 0. The molecule has 2 aromatic heterocycles. The van der Waals surface area contributed by atoms with Crippen LogP contribution in [0.25, 0.3) is 11.2 Å². The molecule has 2 rings (SSSR count). The van der Waals surface area contributed by atoms with Gasteiger partial charge < -0.3 is 9.47 Å². The molecular formula is C14H19N5O5. The molecule has 2 heterocycles. The van der Waals surface area contributed by atoms with Crippen molar-refractivity contribution < 1.29 is 19.1 Å². The number of carbonyl (C=O) groups is 2. The van der Waals surface area contributed by atoms with Gasteiger partial charge in [-0.05, 0) is 0 Å². The summed E-state index contributed by atoms with van der Waals surface area (Å²) in [6.07, 6.45) is 1.43. The standard InChI is InChI=1S/C14H19N5O5/c1-9(20)17(3)14-16-12-11(13(22)18(14)4)15-7-19(12)8-23-5-6-24-10(2)21/h7H,5-6,8H2,1-4H3. The first-order valence-electron chi connectivity index (χ1n) is 7.20. The number of aromatic nitrogens is 4. The lowest BCUT2D eigenvalue weighted by molar-refractivity contribution is -0.142. The van der Waals surface area contributed by atoms with Gasteiger partial charge in [0.25, 0.3) is 5.56 Å². The van der Waals surface area contributed by atoms with Crippen LogP contribution in [-0.2, 0) is 32.8 Å². The van der Waals surface area contributed by atoms with E-state index in [0.717, 1.165) is 0 Å². The van der Waals surface area contributed by atoms with E-state index in [-0.39, 0.29) is 48.8 Å². The summed E-state index contributed by atoms with van der Waals surface area (Å²) in [4.78, 5) is 44.2. The van der Waals surface area contributed by atoms with E-state index in [9.17, 15) is 14.4 Å². The zero-order chi connectivity index (χ0) is 17.9. The monoisotopic (exact) mass is 337 g/mol. The van der Waals surface area contributed by atoms with Crippen LogP contribution in [0.4, 0.5) is 5.95 Å². The molecule has 1 amide bonds. The summed E-state index contributed by atoms with van der Waals surface area (Å²) < 4.78 is 12.9. The molecule has 0 unspecified atom stereocenters. The lowest BCUT2D eigenvalue weighted by atomic mass is 10.5. The fourth-order valence-corrected chi connectivity index (χ4v) is 2.01. The van der Waals surface area contributed by atoms with E-state index < -0.39 is 0 Å². The molecule has 0 radical (unpaired) electrons. The number of hydrogen-bond donors (Lipinski definition) is 0. The summed E-state index contributed by atoms with van der Waals surface area (Å²) in [7, 11) is 3.06. The second-order valence-corrected chi connectivity index (χ2v) is 5.12. The van der Waals surface area contributed by atoms with Crippen LogP contribution in [-0.4, -0.2) is 51.2 Å². The maximum Gasteiger partial charge on any atom is 0.302 e. The first kappa shape index (κ1) is 17.6. The Kier molecular flexibility index (Phi) is 5.29. The van der Waals surface area contributed by atoms with Gasteiger partial charge in [0, 0.05) is 27.9 Å². The SMILES string of the molecule is CC(=O)OCCOCn1cnc2c(=O)n(C)c(N(C)C(C)=O)nc21. The van der Waals surface area contributed by atoms with Crippen molar-refractivity contribution >= 4 is 29.0 Å². The zero-order valence-electron chi connectivity index (χ0n) is 14.0. The van der Waals surface area contributed by atoms with Crippen molar-refractivity contribution in [2.45, 2.75) is 20.6 Å². The van der Waals surface area contributed by atoms with Crippen molar-refractivity contribution in [3.63, 3.8) is 0 Å². The molecule has 10 nitrogen and oxygen atoms in total. The average molecular weight is 337 g/mol. The quantitative estimate of drug-likeness (QED) is 0.523. The van der Waals surface area contributed by atoms with E-state index in [1.54, 1.807) is 4.57 Å². The molecule has 0 aliphatic carbocycles. The lowest BCUT2D eigenvalue weighted by Crippen LogP contribution is -2.32. The highest BCUT2D eigenvalue weighted by molar-refractivity contribution is 5.89. The number of anilines is 1. The second kappa shape index (κ2) is 7.21. The van der Waals surface area contributed by atoms with E-state index in [1.165, 1.54) is 43.7 Å². The molecule has 24 heavy (non-hydrogen) atoms. The van der Waals surface area contributed by atoms with Gasteiger partial charge in [0.15, 0.2) is 11.2 Å². The maximum absolute atomic E-state index is 12.4. The van der Waals surface area contributed by atoms with Crippen molar-refractivity contribution in [2.24, 2.45) is 7.05 Å². The minimum Gasteiger partial charge on any atom is -0.463 e. The van der Waals surface area contributed by atoms with E-state index in [0.29, 0.717) is 5.65 Å². The molecule has 2 aromatic rings. The molecule has 0 N–H and O–H groups in total. The molecular weight excluding hydrogens is 318 g/mol. The predicted molar refractivity (Wildman–Crippen MR) is 84.4 cm³/mol. The summed E-state index contributed by atoms with van der Waals surface area (Å²) in [5, 5.41) is 0. The Bertz CT molecular complexity index is 825. The van der Waals surface area contributed by atoms with Crippen molar-refractivity contribution in [1.82, 2.24) is 19.1 Å². The van der Waals surface area contributed by atoms with E-state index in [4.69, 9.17) is 9.47 Å². The number of esters is 1. The first-order valence-corrected chi connectivity index (χ1v) is 7.20. The van der Waals surface area contributed by atoms with Gasteiger partial charge in [0.1, 0.15) is 13.3 Å². The summed E-state index contributed by atoms with van der Waals surface area (Å²) in [6.45, 7) is 3.11. The van der Waals surface area contributed by atoms with Crippen LogP contribution in [0, 0.1) is 0 Å². The van der Waals surface area contributed by atoms with Crippen LogP contribution in [0.5, 0.6) is 0 Å². The molecule has 10 heteroatoms. The maximum atomic E-state index is 12.4. The molecule has 130 valence electrons. The van der Waals surface area contributed by atoms with Crippen molar-refractivity contribution in [1.29, 1.82) is 0 Å². The highest BCUT2D eigenvalue weighted by Gasteiger charge is 2.17. The smallest absolute Gasteiger partial charge is 0.302 e. The first-order chi connectivity index (χ1) is 11.3. The van der Waals surface area contributed by atoms with Crippen LogP contribution in [0.1, 0.15) is 13.8 Å². The van der Waals surface area contributed by atoms with Crippen LogP contribution in [0.2, 0.25) is 0 Å². The molecule has 0 saturated carbocycles. The topological polar surface area (TPSA) is 109 Å². The van der Waals surface area contributed by atoms with Crippen LogP contribution < -0.4 is 10.5 Å². The minimum absolute atomic E-state index is 0.0845. The van der Waals surface area contributed by atoms with Gasteiger partial charge in [-0.15, -0.1) is 0 Å². The van der Waals surface area contributed by atoms with Crippen LogP contribution in [0.15, 0.2) is 11.1 Å². The highest BCUT2D eigenvalue weighted by atomic mass is 16.6. The average Bonchev–Trinajstić information content (AvgIpc) is 2.92. The third-order valence-electron chi connectivity index (χ3n) is 3.36. The number of nitrogens with zero attached hydrogens (tertiary/aromatic N) is 5. The van der Waals surface area contributed by atoms with Gasteiger partial charge in [-0.2, -0.15) is 4.98 Å². The van der Waals surface area contributed by atoms with Crippen LogP contribution >= 0.6 is 0 Å². The number of fused-ring (bicyclic) bond motifs is 1. The molecule has 0 aromatic carbocycles. The van der Waals surface area contributed by atoms with Crippen LogP contribution in [0.3, 0.4) is 0 Å². The number of hydrogen-bond acceptors (Lipinski definition) is 7. The number of ether oxygens (including phenoxy) is 2. The van der Waals surface area contributed by atoms with E-state index >= 15 is 0 Å². The molecule has 0 bridgehead atoms. The van der Waals surface area contributed by atoms with E-state index in [1.807, 2.05) is 0 Å². The molecule has 0 fully saturated rings. The van der Waals surface area contributed by atoms with Gasteiger partial charge in [-0.3, -0.25) is 28.4 Å². The lowest BCUT2D eigenvalue weighted by Gasteiger charge is -2.17. The normalized spacial score (nSPS) is 10.8. The summed E-state index contributed by atoms with van der Waals surface area (Å²) in [5.74, 6) is -0.420. The Morgan fingerprint density at radius 1 is 1.29 bits per heavy atom. The number of imidazole rings is 1. The van der Waals surface area contributed by atoms with E-state index in [2.05, 4.69) is 9.97 Å². The number of carbonyl (C=O) groups excluding carboxylic acids is 2. The van der Waals surface area contributed by atoms with Gasteiger partial charge in [-0.1, -0.05) is 0 Å². The molecule has 0 atom stereocenters. The van der Waals surface area contributed by atoms with Gasteiger partial charge >= 0.3 is 5.97 Å². The fraction of sp³-hybridized carbons (Fsp3) is 0.500. The van der Waals surface area contributed by atoms with Crippen molar-refractivity contribution in [2.75, 3.05) is 25.2 Å². The number of amides is 1. The van der Waals surface area contributed by atoms with Crippen molar-refractivity contribution in [3.8, 4) is 0 Å². The van der Waals surface area contributed by atoms with Crippen molar-refractivity contribution in [3.05, 3.63) is 16.7 Å². The minimum atomic E-state index is -0.381. The summed E-state index contributed by atoms with van der Waals surface area (Å²) >= 11 is 0. The Morgan fingerprint density at radius 2 is 2.00 bits per heavy atom. The van der Waals surface area contributed by atoms with Gasteiger partial charge in [0.2, 0.25) is 11.9 Å². The predicted octanol–water partition coefficient (Wildman–Crippen LogP) is -0.350. The Hall–Kier alpha value is -2.75. The van der Waals surface area contributed by atoms with Gasteiger partial charge in [-0.25, -0.2) is 4.98 Å². The second-order valence-electron chi connectivity index (χ2n) is 5.12. The third kappa shape index (κ3) is 3.59. The fourth-order valence-electron chi connectivity index (χ4n) is 2.01. The Balaban J connectivity index is 2.25. The Morgan fingerprint density at radius 3 is 2.62 bits per heavy atom. The summed E-state index contributed by atoms with van der Waals surface area (Å²) in [5.41, 5.74) is 0.136. The van der Waals surface area contributed by atoms with Gasteiger partial charge in [0.05, 0.1) is 12.9 Å². The number of rotatable bonds is 6. The molecule has 0 aliphatic heterocycles. The molecule has 0 saturated heterocycles. The highest BCUT2D eigenvalue weighted by Crippen LogP contribution is 2.12. The molecule has 0 aliphatic rings. The molecule has 0 spiro atoms. The Labute approximate surface area is 137 Å². The largest absolute Gasteiger partial charge is 0.463 e.